The van der Waals surface area contributed by atoms with Gasteiger partial charge in [0.25, 0.3) is 0 Å². The van der Waals surface area contributed by atoms with E-state index in [1.807, 2.05) is 11.7 Å². The molecule has 2 aromatic heterocycles. The molecule has 1 aliphatic carbocycles. The van der Waals surface area contributed by atoms with Crippen LogP contribution in [0.15, 0.2) is 6.07 Å². The van der Waals surface area contributed by atoms with Gasteiger partial charge in [-0.1, -0.05) is 6.92 Å². The molecule has 0 saturated heterocycles. The molecule has 0 spiro atoms. The van der Waals surface area contributed by atoms with E-state index >= 15 is 0 Å². The zero-order chi connectivity index (χ0) is 12.7. The monoisotopic (exact) mass is 245 g/mol. The lowest BCUT2D eigenvalue weighted by Gasteiger charge is -2.15. The van der Waals surface area contributed by atoms with Crippen LogP contribution >= 0.6 is 0 Å². The van der Waals surface area contributed by atoms with Crippen LogP contribution in [0.2, 0.25) is 0 Å². The third-order valence-corrected chi connectivity index (χ3v) is 3.62. The summed E-state index contributed by atoms with van der Waals surface area (Å²) < 4.78 is 1.89. The zero-order valence-corrected chi connectivity index (χ0v) is 10.9. The van der Waals surface area contributed by atoms with Crippen LogP contribution in [0.4, 0.5) is 0 Å². The van der Waals surface area contributed by atoms with Crippen LogP contribution in [-0.2, 0) is 26.3 Å². The number of aromatic amines is 1. The second-order valence-corrected chi connectivity index (χ2v) is 5.01. The molecule has 2 aromatic rings. The van der Waals surface area contributed by atoms with Crippen LogP contribution in [0.5, 0.6) is 0 Å². The van der Waals surface area contributed by atoms with E-state index in [0.29, 0.717) is 0 Å². The fourth-order valence-corrected chi connectivity index (χ4v) is 2.55. The van der Waals surface area contributed by atoms with Gasteiger partial charge in [0.15, 0.2) is 5.82 Å². The summed E-state index contributed by atoms with van der Waals surface area (Å²) in [6.45, 7) is 2.11. The maximum atomic E-state index is 5.99. The van der Waals surface area contributed by atoms with E-state index in [1.165, 1.54) is 11.4 Å². The Morgan fingerprint density at radius 2 is 2.39 bits per heavy atom. The molecule has 96 valence electrons. The van der Waals surface area contributed by atoms with Gasteiger partial charge in [0.1, 0.15) is 5.69 Å². The first kappa shape index (κ1) is 11.5. The molecule has 1 unspecified atom stereocenters. The largest absolute Gasteiger partial charge is 0.340 e. The highest BCUT2D eigenvalue weighted by Gasteiger charge is 2.21. The number of nitrogens with one attached hydrogen (secondary N) is 1. The summed E-state index contributed by atoms with van der Waals surface area (Å²) in [4.78, 5) is 8.10. The highest BCUT2D eigenvalue weighted by molar-refractivity contribution is 5.52. The van der Waals surface area contributed by atoms with Crippen molar-refractivity contribution in [3.63, 3.8) is 0 Å². The number of imidazole rings is 1. The topological polar surface area (TPSA) is 72.5 Å². The number of rotatable bonds is 2. The van der Waals surface area contributed by atoms with Crippen LogP contribution in [0, 0.1) is 0 Å². The van der Waals surface area contributed by atoms with Gasteiger partial charge >= 0.3 is 0 Å². The fraction of sp³-hybridized carbons (Fsp3) is 0.538. The third-order valence-electron chi connectivity index (χ3n) is 3.62. The van der Waals surface area contributed by atoms with Gasteiger partial charge in [0, 0.05) is 25.2 Å². The van der Waals surface area contributed by atoms with Crippen LogP contribution in [0.3, 0.4) is 0 Å². The molecule has 1 aliphatic rings. The molecule has 18 heavy (non-hydrogen) atoms. The highest BCUT2D eigenvalue weighted by Crippen LogP contribution is 2.24. The van der Waals surface area contributed by atoms with Gasteiger partial charge in [-0.15, -0.1) is 0 Å². The van der Waals surface area contributed by atoms with Gasteiger partial charge in [0.05, 0.1) is 11.4 Å². The molecule has 0 saturated carbocycles. The van der Waals surface area contributed by atoms with Gasteiger partial charge in [-0.05, 0) is 25.3 Å². The molecular formula is C13H19N5. The van der Waals surface area contributed by atoms with Crippen LogP contribution in [0.25, 0.3) is 11.5 Å². The number of nitrogens with zero attached hydrogens (tertiary/aromatic N) is 3. The number of aromatic nitrogens is 4. The minimum atomic E-state index is 0.267. The molecule has 1 atom stereocenters. The van der Waals surface area contributed by atoms with E-state index in [9.17, 15) is 0 Å². The Balaban J connectivity index is 1.99. The molecule has 3 N–H and O–H groups in total. The second kappa shape index (κ2) is 4.24. The third kappa shape index (κ3) is 1.84. The summed E-state index contributed by atoms with van der Waals surface area (Å²) in [6.07, 6.45) is 3.86. The fourth-order valence-electron chi connectivity index (χ4n) is 2.55. The molecule has 0 amide bonds. The van der Waals surface area contributed by atoms with E-state index in [0.717, 1.165) is 42.9 Å². The lowest BCUT2D eigenvalue weighted by molar-refractivity contribution is 0.565. The Hall–Kier alpha value is -1.62. The molecule has 5 heteroatoms. The number of H-pyrrole nitrogens is 1. The van der Waals surface area contributed by atoms with Gasteiger partial charge in [-0.2, -0.15) is 5.10 Å². The number of hydrogen-bond acceptors (Lipinski definition) is 3. The van der Waals surface area contributed by atoms with Gasteiger partial charge in [-0.3, -0.25) is 4.68 Å². The highest BCUT2D eigenvalue weighted by atomic mass is 15.3. The van der Waals surface area contributed by atoms with E-state index in [1.54, 1.807) is 0 Å². The molecule has 0 aliphatic heterocycles. The number of hydrogen-bond donors (Lipinski definition) is 2. The van der Waals surface area contributed by atoms with E-state index in [4.69, 9.17) is 10.7 Å². The lowest BCUT2D eigenvalue weighted by Crippen LogP contribution is -2.27. The predicted octanol–water partition coefficient (Wildman–Crippen LogP) is 1.19. The summed E-state index contributed by atoms with van der Waals surface area (Å²) in [5, 5.41) is 4.46. The predicted molar refractivity (Wildman–Crippen MR) is 70.2 cm³/mol. The van der Waals surface area contributed by atoms with Crippen molar-refractivity contribution in [1.29, 1.82) is 0 Å². The number of aryl methyl sites for hydroxylation is 3. The van der Waals surface area contributed by atoms with Crippen LogP contribution in [0.1, 0.15) is 30.4 Å². The van der Waals surface area contributed by atoms with Crippen molar-refractivity contribution >= 4 is 0 Å². The SMILES string of the molecule is CCc1cc(-c2nc3c([nH]2)CC(N)CC3)n(C)n1. The number of fused-ring (bicyclic) bond motifs is 1. The average Bonchev–Trinajstić information content (AvgIpc) is 2.91. The summed E-state index contributed by atoms with van der Waals surface area (Å²) in [5.74, 6) is 0.920. The first-order valence-electron chi connectivity index (χ1n) is 6.54. The maximum Gasteiger partial charge on any atom is 0.156 e. The Labute approximate surface area is 106 Å². The minimum Gasteiger partial charge on any atom is -0.340 e. The summed E-state index contributed by atoms with van der Waals surface area (Å²) in [7, 11) is 1.96. The van der Waals surface area contributed by atoms with Crippen molar-refractivity contribution < 1.29 is 0 Å². The van der Waals surface area contributed by atoms with Crippen LogP contribution in [-0.4, -0.2) is 25.8 Å². The Bertz CT molecular complexity index is 566. The van der Waals surface area contributed by atoms with E-state index in [2.05, 4.69) is 23.1 Å². The molecule has 5 nitrogen and oxygen atoms in total. The molecule has 0 bridgehead atoms. The Morgan fingerprint density at radius 1 is 1.56 bits per heavy atom. The lowest BCUT2D eigenvalue weighted by atomic mass is 9.97. The first-order valence-corrected chi connectivity index (χ1v) is 6.54. The molecule has 0 aromatic carbocycles. The quantitative estimate of drug-likeness (QED) is 0.834. The molecule has 0 radical (unpaired) electrons. The summed E-state index contributed by atoms with van der Waals surface area (Å²) in [5.41, 5.74) is 10.5. The van der Waals surface area contributed by atoms with Crippen molar-refractivity contribution in [2.24, 2.45) is 12.8 Å². The second-order valence-electron chi connectivity index (χ2n) is 5.01. The molecule has 0 fully saturated rings. The van der Waals surface area contributed by atoms with Crippen molar-refractivity contribution in [1.82, 2.24) is 19.7 Å². The van der Waals surface area contributed by atoms with E-state index in [-0.39, 0.29) is 6.04 Å². The minimum absolute atomic E-state index is 0.267. The van der Waals surface area contributed by atoms with E-state index < -0.39 is 0 Å². The van der Waals surface area contributed by atoms with Gasteiger partial charge in [-0.25, -0.2) is 4.98 Å². The Kier molecular flexibility index (Phi) is 2.70. The van der Waals surface area contributed by atoms with Gasteiger partial charge < -0.3 is 10.7 Å². The van der Waals surface area contributed by atoms with Crippen LogP contribution < -0.4 is 5.73 Å². The maximum absolute atomic E-state index is 5.99. The Morgan fingerprint density at radius 3 is 3.11 bits per heavy atom. The van der Waals surface area contributed by atoms with Crippen molar-refractivity contribution in [2.45, 2.75) is 38.6 Å². The normalized spacial score (nSPS) is 18.9. The van der Waals surface area contributed by atoms with Crippen molar-refractivity contribution in [2.75, 3.05) is 0 Å². The standard InChI is InChI=1S/C13H19N5/c1-3-9-7-12(18(2)17-9)13-15-10-5-4-8(14)6-11(10)16-13/h7-8H,3-6,14H2,1-2H3,(H,15,16). The molecule has 2 heterocycles. The molecular weight excluding hydrogens is 226 g/mol. The van der Waals surface area contributed by atoms with Crippen molar-refractivity contribution in [3.8, 4) is 11.5 Å². The summed E-state index contributed by atoms with van der Waals surface area (Å²) in [6, 6.07) is 2.37. The first-order chi connectivity index (χ1) is 8.67. The molecule has 3 rings (SSSR count). The van der Waals surface area contributed by atoms with Gasteiger partial charge in [0.2, 0.25) is 0 Å². The summed E-state index contributed by atoms with van der Waals surface area (Å²) >= 11 is 0. The average molecular weight is 245 g/mol. The van der Waals surface area contributed by atoms with Crippen molar-refractivity contribution in [3.05, 3.63) is 23.1 Å². The number of nitrogens with two attached hydrogens (primary N) is 1. The smallest absolute Gasteiger partial charge is 0.156 e. The zero-order valence-electron chi connectivity index (χ0n) is 10.9.